The van der Waals surface area contributed by atoms with E-state index in [4.69, 9.17) is 14.2 Å². The number of unbranched alkanes of at least 4 members (excludes halogenated alkanes) is 44. The normalized spacial score (nSPS) is 12.1. The van der Waals surface area contributed by atoms with Crippen LogP contribution in [0.5, 0.6) is 0 Å². The monoisotopic (exact) mass is 999 g/mol. The van der Waals surface area contributed by atoms with Crippen molar-refractivity contribution in [3.8, 4) is 0 Å². The fraction of sp³-hybridized carbons (Fsp3) is 0.892. The van der Waals surface area contributed by atoms with Crippen LogP contribution in [-0.4, -0.2) is 37.2 Å². The molecule has 0 aliphatic carbocycles. The van der Waals surface area contributed by atoms with Crippen LogP contribution >= 0.6 is 0 Å². The number of rotatable bonds is 59. The molecule has 0 saturated heterocycles. The van der Waals surface area contributed by atoms with Crippen molar-refractivity contribution in [2.75, 3.05) is 13.2 Å². The van der Waals surface area contributed by atoms with Gasteiger partial charge in [-0.1, -0.05) is 315 Å². The van der Waals surface area contributed by atoms with Gasteiger partial charge in [0, 0.05) is 19.3 Å². The number of allylic oxidation sites excluding steroid dienone is 4. The van der Waals surface area contributed by atoms with Gasteiger partial charge in [0.15, 0.2) is 6.10 Å². The summed E-state index contributed by atoms with van der Waals surface area (Å²) in [5.41, 5.74) is 0. The molecule has 1 atom stereocenters. The first-order valence-electron chi connectivity index (χ1n) is 31.8. The highest BCUT2D eigenvalue weighted by atomic mass is 16.6. The molecule has 6 heteroatoms. The molecule has 0 radical (unpaired) electrons. The second-order valence-electron chi connectivity index (χ2n) is 21.7. The zero-order valence-electron chi connectivity index (χ0n) is 48.0. The Kier molecular flexibility index (Phi) is 58.6. The smallest absolute Gasteiger partial charge is 0.306 e. The lowest BCUT2D eigenvalue weighted by Crippen LogP contribution is -2.30. The van der Waals surface area contributed by atoms with Gasteiger partial charge < -0.3 is 14.2 Å². The van der Waals surface area contributed by atoms with Crippen LogP contribution in [0.25, 0.3) is 0 Å². The zero-order valence-corrected chi connectivity index (χ0v) is 48.0. The summed E-state index contributed by atoms with van der Waals surface area (Å²) in [6.07, 6.45) is 72.1. The molecule has 1 unspecified atom stereocenters. The van der Waals surface area contributed by atoms with Crippen LogP contribution in [0.2, 0.25) is 0 Å². The molecular weight excluding hydrogens is 877 g/mol. The average Bonchev–Trinajstić information content (AvgIpc) is 3.37. The summed E-state index contributed by atoms with van der Waals surface area (Å²) in [5.74, 6) is -0.863. The number of esters is 3. The zero-order chi connectivity index (χ0) is 51.4. The van der Waals surface area contributed by atoms with Crippen LogP contribution in [0, 0.1) is 0 Å². The first-order valence-corrected chi connectivity index (χ1v) is 31.8. The molecule has 0 amide bonds. The molecule has 0 aromatic carbocycles. The van der Waals surface area contributed by atoms with Crippen LogP contribution in [0.1, 0.15) is 355 Å². The van der Waals surface area contributed by atoms with Crippen molar-refractivity contribution in [2.45, 2.75) is 361 Å². The highest BCUT2D eigenvalue weighted by Gasteiger charge is 2.19. The number of carbonyl (C=O) groups is 3. The van der Waals surface area contributed by atoms with Crippen LogP contribution in [0.3, 0.4) is 0 Å². The summed E-state index contributed by atoms with van der Waals surface area (Å²) in [5, 5.41) is 0. The first kappa shape index (κ1) is 68.9. The van der Waals surface area contributed by atoms with E-state index in [0.29, 0.717) is 19.3 Å². The number of ether oxygens (including phenoxy) is 3. The molecule has 418 valence electrons. The molecular formula is C65H122O6. The maximum Gasteiger partial charge on any atom is 0.306 e. The Labute approximate surface area is 443 Å². The second kappa shape index (κ2) is 60.4. The van der Waals surface area contributed by atoms with Crippen molar-refractivity contribution in [1.82, 2.24) is 0 Å². The Morgan fingerprint density at radius 1 is 0.282 bits per heavy atom. The van der Waals surface area contributed by atoms with E-state index in [0.717, 1.165) is 89.9 Å². The van der Waals surface area contributed by atoms with E-state index >= 15 is 0 Å². The predicted molar refractivity (Wildman–Crippen MR) is 307 cm³/mol. The predicted octanol–water partition coefficient (Wildman–Crippen LogP) is 21.4. The fourth-order valence-corrected chi connectivity index (χ4v) is 9.66. The van der Waals surface area contributed by atoms with Gasteiger partial charge in [-0.05, 0) is 44.9 Å². The van der Waals surface area contributed by atoms with Crippen molar-refractivity contribution in [3.63, 3.8) is 0 Å². The van der Waals surface area contributed by atoms with E-state index in [-0.39, 0.29) is 31.1 Å². The van der Waals surface area contributed by atoms with E-state index in [1.54, 1.807) is 0 Å². The van der Waals surface area contributed by atoms with Gasteiger partial charge in [0.05, 0.1) is 0 Å². The largest absolute Gasteiger partial charge is 0.462 e. The Morgan fingerprint density at radius 2 is 0.535 bits per heavy atom. The SMILES string of the molecule is CCC/C=C\C/C=C\CCCCCCCC(=O)OC(COC(=O)CCCCCCCCCCCCCC)COC(=O)CCCCCCCCCCCCCCCCCCCCCCCCCCCCCC. The van der Waals surface area contributed by atoms with Gasteiger partial charge in [-0.2, -0.15) is 0 Å². The summed E-state index contributed by atoms with van der Waals surface area (Å²) in [6, 6.07) is 0. The van der Waals surface area contributed by atoms with Crippen LogP contribution in [0.15, 0.2) is 24.3 Å². The van der Waals surface area contributed by atoms with Crippen molar-refractivity contribution in [2.24, 2.45) is 0 Å². The third-order valence-corrected chi connectivity index (χ3v) is 14.4. The molecule has 0 saturated carbocycles. The van der Waals surface area contributed by atoms with Gasteiger partial charge in [-0.25, -0.2) is 0 Å². The first-order chi connectivity index (χ1) is 35.0. The van der Waals surface area contributed by atoms with Gasteiger partial charge in [0.2, 0.25) is 0 Å². The lowest BCUT2D eigenvalue weighted by atomic mass is 10.0. The minimum Gasteiger partial charge on any atom is -0.462 e. The van der Waals surface area contributed by atoms with Gasteiger partial charge in [-0.3, -0.25) is 14.4 Å². The third-order valence-electron chi connectivity index (χ3n) is 14.4. The highest BCUT2D eigenvalue weighted by Crippen LogP contribution is 2.18. The van der Waals surface area contributed by atoms with E-state index < -0.39 is 6.10 Å². The number of hydrogen-bond acceptors (Lipinski definition) is 6. The summed E-state index contributed by atoms with van der Waals surface area (Å²) < 4.78 is 16.9. The van der Waals surface area contributed by atoms with E-state index in [2.05, 4.69) is 45.1 Å². The lowest BCUT2D eigenvalue weighted by molar-refractivity contribution is -0.167. The Morgan fingerprint density at radius 3 is 0.831 bits per heavy atom. The summed E-state index contributed by atoms with van der Waals surface area (Å²) >= 11 is 0. The van der Waals surface area contributed by atoms with Gasteiger partial charge >= 0.3 is 17.9 Å². The van der Waals surface area contributed by atoms with E-state index in [1.165, 1.54) is 225 Å². The minimum absolute atomic E-state index is 0.0715. The van der Waals surface area contributed by atoms with Gasteiger partial charge in [0.1, 0.15) is 13.2 Å². The van der Waals surface area contributed by atoms with Gasteiger partial charge in [0.25, 0.3) is 0 Å². The second-order valence-corrected chi connectivity index (χ2v) is 21.7. The standard InChI is InChI=1S/C65H122O6/c1-4-7-10-13-16-19-22-25-26-27-28-29-30-31-32-33-34-35-36-37-38-39-41-43-46-49-52-55-58-64(67)70-61-62(60-69-63(66)57-54-51-48-45-42-24-21-18-15-12-9-6-3)71-65(68)59-56-53-50-47-44-40-23-20-17-14-11-8-5-2/h11,14,20,23,62H,4-10,12-13,15-19,21-22,24-61H2,1-3H3/b14-11-,23-20-. The topological polar surface area (TPSA) is 78.9 Å². The van der Waals surface area contributed by atoms with Gasteiger partial charge in [-0.15, -0.1) is 0 Å². The molecule has 0 heterocycles. The van der Waals surface area contributed by atoms with E-state index in [9.17, 15) is 14.4 Å². The summed E-state index contributed by atoms with van der Waals surface area (Å²) in [7, 11) is 0. The lowest BCUT2D eigenvalue weighted by Gasteiger charge is -2.18. The molecule has 6 nitrogen and oxygen atoms in total. The Hall–Kier alpha value is -2.11. The van der Waals surface area contributed by atoms with Crippen LogP contribution in [-0.2, 0) is 28.6 Å². The van der Waals surface area contributed by atoms with Crippen molar-refractivity contribution >= 4 is 17.9 Å². The number of hydrogen-bond donors (Lipinski definition) is 0. The molecule has 0 aromatic heterocycles. The molecule has 0 spiro atoms. The van der Waals surface area contributed by atoms with E-state index in [1.807, 2.05) is 0 Å². The van der Waals surface area contributed by atoms with Crippen molar-refractivity contribution in [3.05, 3.63) is 24.3 Å². The number of carbonyl (C=O) groups excluding carboxylic acids is 3. The summed E-state index contributed by atoms with van der Waals surface area (Å²) in [4.78, 5) is 38.1. The molecule has 0 aromatic rings. The highest BCUT2D eigenvalue weighted by molar-refractivity contribution is 5.71. The Balaban J connectivity index is 4.11. The van der Waals surface area contributed by atoms with Crippen molar-refractivity contribution < 1.29 is 28.6 Å². The minimum atomic E-state index is -0.773. The average molecular weight is 1000 g/mol. The maximum absolute atomic E-state index is 12.8. The molecule has 0 rings (SSSR count). The Bertz CT molecular complexity index is 1150. The maximum atomic E-state index is 12.8. The molecule has 0 fully saturated rings. The fourth-order valence-electron chi connectivity index (χ4n) is 9.66. The van der Waals surface area contributed by atoms with Crippen molar-refractivity contribution in [1.29, 1.82) is 0 Å². The van der Waals surface area contributed by atoms with Crippen LogP contribution in [0.4, 0.5) is 0 Å². The molecule has 71 heavy (non-hydrogen) atoms. The quantitative estimate of drug-likeness (QED) is 0.0261. The summed E-state index contributed by atoms with van der Waals surface area (Å²) in [6.45, 7) is 6.62. The third kappa shape index (κ3) is 58.7. The van der Waals surface area contributed by atoms with Crippen LogP contribution < -0.4 is 0 Å². The molecule has 0 N–H and O–H groups in total. The molecule has 0 aliphatic rings. The molecule has 0 aliphatic heterocycles. The molecule has 0 bridgehead atoms.